The number of amides is 1. The Hall–Kier alpha value is -2.71. The molecule has 9 heteroatoms. The van der Waals surface area contributed by atoms with E-state index in [0.717, 1.165) is 19.8 Å². The third-order valence-corrected chi connectivity index (χ3v) is 5.43. The van der Waals surface area contributed by atoms with Gasteiger partial charge < -0.3 is 19.1 Å². The highest BCUT2D eigenvalue weighted by molar-refractivity contribution is 6.30. The monoisotopic (exact) mass is 421 g/mol. The molecular formula is C20H20ClNO7. The molecule has 2 atom stereocenters. The van der Waals surface area contributed by atoms with Crippen LogP contribution in [0.4, 0.5) is 0 Å². The van der Waals surface area contributed by atoms with E-state index in [9.17, 15) is 19.2 Å². The molecule has 1 spiro atoms. The zero-order valence-electron chi connectivity index (χ0n) is 15.9. The SMILES string of the molecule is COC(=O)C(C(=O)OC)C1CC(=O)C=CC12OCC(=O)N2Cc1ccc(Cl)cc1. The van der Waals surface area contributed by atoms with E-state index in [1.54, 1.807) is 24.3 Å². The van der Waals surface area contributed by atoms with Crippen LogP contribution in [0, 0.1) is 11.8 Å². The Kier molecular flexibility index (Phi) is 6.04. The molecule has 2 unspecified atom stereocenters. The summed E-state index contributed by atoms with van der Waals surface area (Å²) in [4.78, 5) is 51.1. The van der Waals surface area contributed by atoms with E-state index in [2.05, 4.69) is 0 Å². The van der Waals surface area contributed by atoms with E-state index in [-0.39, 0.29) is 31.3 Å². The topological polar surface area (TPSA) is 99.2 Å². The summed E-state index contributed by atoms with van der Waals surface area (Å²) in [6, 6.07) is 6.89. The Morgan fingerprint density at radius 1 is 1.21 bits per heavy atom. The minimum absolute atomic E-state index is 0.139. The molecule has 0 aromatic heterocycles. The van der Waals surface area contributed by atoms with E-state index in [4.69, 9.17) is 25.8 Å². The number of allylic oxidation sites excluding steroid dienone is 1. The van der Waals surface area contributed by atoms with Crippen molar-refractivity contribution in [3.8, 4) is 0 Å². The second-order valence-corrected chi connectivity index (χ2v) is 7.22. The lowest BCUT2D eigenvalue weighted by Crippen LogP contribution is -2.57. The summed E-state index contributed by atoms with van der Waals surface area (Å²) < 4.78 is 15.4. The molecule has 2 aliphatic rings. The van der Waals surface area contributed by atoms with E-state index in [1.165, 1.54) is 17.1 Å². The van der Waals surface area contributed by atoms with Crippen LogP contribution in [0.1, 0.15) is 12.0 Å². The van der Waals surface area contributed by atoms with Crippen molar-refractivity contribution in [2.45, 2.75) is 18.7 Å². The molecule has 154 valence electrons. The number of hydrogen-bond acceptors (Lipinski definition) is 7. The molecule has 0 bridgehead atoms. The Bertz CT molecular complexity index is 850. The molecule has 29 heavy (non-hydrogen) atoms. The summed E-state index contributed by atoms with van der Waals surface area (Å²) in [5, 5.41) is 0.546. The quantitative estimate of drug-likeness (QED) is 0.524. The maximum atomic E-state index is 12.7. The average molecular weight is 422 g/mol. The standard InChI is InChI=1S/C20H20ClNO7/c1-27-18(25)17(19(26)28-2)15-9-14(23)7-8-20(15)22(16(24)11-29-20)10-12-3-5-13(21)6-4-12/h3-8,15,17H,9-11H2,1-2H3. The Morgan fingerprint density at radius 2 is 1.83 bits per heavy atom. The highest BCUT2D eigenvalue weighted by atomic mass is 35.5. The molecule has 1 heterocycles. The third-order valence-electron chi connectivity index (χ3n) is 5.18. The normalized spacial score (nSPS) is 23.7. The second-order valence-electron chi connectivity index (χ2n) is 6.78. The summed E-state index contributed by atoms with van der Waals surface area (Å²) in [7, 11) is 2.27. The van der Waals surface area contributed by atoms with Crippen LogP contribution in [-0.4, -0.2) is 55.1 Å². The fraction of sp³-hybridized carbons (Fsp3) is 0.400. The van der Waals surface area contributed by atoms with Gasteiger partial charge in [0.1, 0.15) is 6.61 Å². The van der Waals surface area contributed by atoms with Crippen LogP contribution in [0.2, 0.25) is 5.02 Å². The summed E-state index contributed by atoms with van der Waals surface area (Å²) in [5.41, 5.74) is -0.693. The highest BCUT2D eigenvalue weighted by Gasteiger charge is 2.58. The zero-order chi connectivity index (χ0) is 21.2. The van der Waals surface area contributed by atoms with E-state index < -0.39 is 29.5 Å². The van der Waals surface area contributed by atoms with E-state index in [1.807, 2.05) is 0 Å². The maximum Gasteiger partial charge on any atom is 0.320 e. The minimum atomic E-state index is -1.46. The lowest BCUT2D eigenvalue weighted by Gasteiger charge is -2.44. The van der Waals surface area contributed by atoms with Crippen molar-refractivity contribution < 1.29 is 33.4 Å². The smallest absolute Gasteiger partial charge is 0.320 e. The molecule has 1 amide bonds. The number of methoxy groups -OCH3 is 2. The first-order valence-corrected chi connectivity index (χ1v) is 9.26. The molecule has 0 N–H and O–H groups in total. The summed E-state index contributed by atoms with van der Waals surface area (Å²) in [6.07, 6.45) is 2.55. The predicted molar refractivity (Wildman–Crippen MR) is 100 cm³/mol. The average Bonchev–Trinajstić information content (AvgIpc) is 3.02. The fourth-order valence-corrected chi connectivity index (χ4v) is 3.89. The first kappa shape index (κ1) is 21.0. The van der Waals surface area contributed by atoms with Crippen molar-refractivity contribution in [1.82, 2.24) is 4.90 Å². The summed E-state index contributed by atoms with van der Waals surface area (Å²) >= 11 is 5.92. The lowest BCUT2D eigenvalue weighted by molar-refractivity contribution is -0.176. The Morgan fingerprint density at radius 3 is 2.41 bits per heavy atom. The number of halogens is 1. The molecule has 1 aromatic carbocycles. The predicted octanol–water partition coefficient (Wildman–Crippen LogP) is 1.50. The van der Waals surface area contributed by atoms with Gasteiger partial charge in [0.25, 0.3) is 5.91 Å². The van der Waals surface area contributed by atoms with Crippen LogP contribution < -0.4 is 0 Å². The summed E-state index contributed by atoms with van der Waals surface area (Å²) in [5.74, 6) is -4.79. The second kappa shape index (κ2) is 8.34. The first-order chi connectivity index (χ1) is 13.8. The maximum absolute atomic E-state index is 12.7. The highest BCUT2D eigenvalue weighted by Crippen LogP contribution is 2.43. The van der Waals surface area contributed by atoms with Crippen molar-refractivity contribution in [1.29, 1.82) is 0 Å². The number of carbonyl (C=O) groups is 4. The van der Waals surface area contributed by atoms with Gasteiger partial charge in [0, 0.05) is 23.9 Å². The van der Waals surface area contributed by atoms with Crippen LogP contribution >= 0.6 is 11.6 Å². The van der Waals surface area contributed by atoms with E-state index in [0.29, 0.717) is 5.02 Å². The zero-order valence-corrected chi connectivity index (χ0v) is 16.7. The van der Waals surface area contributed by atoms with Gasteiger partial charge in [0.2, 0.25) is 0 Å². The third kappa shape index (κ3) is 3.90. The first-order valence-electron chi connectivity index (χ1n) is 8.89. The number of rotatable bonds is 5. The van der Waals surface area contributed by atoms with Crippen LogP contribution in [0.15, 0.2) is 36.4 Å². The number of nitrogens with zero attached hydrogens (tertiary/aromatic N) is 1. The molecule has 0 radical (unpaired) electrons. The largest absolute Gasteiger partial charge is 0.468 e. The van der Waals surface area contributed by atoms with Crippen LogP contribution in [0.5, 0.6) is 0 Å². The number of carbonyl (C=O) groups excluding carboxylic acids is 4. The summed E-state index contributed by atoms with van der Waals surface area (Å²) in [6.45, 7) is -0.113. The fourth-order valence-electron chi connectivity index (χ4n) is 3.76. The van der Waals surface area contributed by atoms with Gasteiger partial charge in [-0.2, -0.15) is 0 Å². The van der Waals surface area contributed by atoms with Gasteiger partial charge in [-0.3, -0.25) is 19.2 Å². The molecule has 1 aliphatic carbocycles. The molecule has 1 fully saturated rings. The van der Waals surface area contributed by atoms with Gasteiger partial charge in [-0.15, -0.1) is 0 Å². The number of benzene rings is 1. The number of ether oxygens (including phenoxy) is 3. The Balaban J connectivity index is 2.05. The van der Waals surface area contributed by atoms with Gasteiger partial charge in [-0.1, -0.05) is 23.7 Å². The van der Waals surface area contributed by atoms with Crippen LogP contribution in [0.25, 0.3) is 0 Å². The van der Waals surface area contributed by atoms with Crippen molar-refractivity contribution >= 4 is 35.2 Å². The van der Waals surface area contributed by atoms with Gasteiger partial charge in [-0.25, -0.2) is 0 Å². The molecule has 1 saturated heterocycles. The number of esters is 2. The molecule has 0 saturated carbocycles. The van der Waals surface area contributed by atoms with Gasteiger partial charge in [-0.05, 0) is 29.8 Å². The van der Waals surface area contributed by atoms with Gasteiger partial charge in [0.05, 0.1) is 14.2 Å². The Labute approximate surface area is 172 Å². The molecule has 3 rings (SSSR count). The lowest BCUT2D eigenvalue weighted by atomic mass is 9.75. The molecule has 1 aliphatic heterocycles. The minimum Gasteiger partial charge on any atom is -0.468 e. The van der Waals surface area contributed by atoms with Crippen LogP contribution in [0.3, 0.4) is 0 Å². The van der Waals surface area contributed by atoms with Crippen LogP contribution in [-0.2, 0) is 39.9 Å². The van der Waals surface area contributed by atoms with Crippen molar-refractivity contribution in [3.05, 3.63) is 47.0 Å². The molecule has 1 aromatic rings. The molecule has 8 nitrogen and oxygen atoms in total. The van der Waals surface area contributed by atoms with Crippen molar-refractivity contribution in [2.75, 3.05) is 20.8 Å². The van der Waals surface area contributed by atoms with Gasteiger partial charge >= 0.3 is 11.9 Å². The van der Waals surface area contributed by atoms with Gasteiger partial charge in [0.15, 0.2) is 17.4 Å². The number of hydrogen-bond donors (Lipinski definition) is 0. The van der Waals surface area contributed by atoms with Crippen molar-refractivity contribution in [2.24, 2.45) is 11.8 Å². The van der Waals surface area contributed by atoms with Crippen molar-refractivity contribution in [3.63, 3.8) is 0 Å². The molecular weight excluding hydrogens is 402 g/mol. The number of ketones is 1. The van der Waals surface area contributed by atoms with E-state index >= 15 is 0 Å².